The Balaban J connectivity index is 1.63. The van der Waals surface area contributed by atoms with E-state index in [0.717, 1.165) is 114 Å². The van der Waals surface area contributed by atoms with Crippen molar-refractivity contribution in [2.24, 2.45) is 0 Å². The standard InChI is InChI=1S/C46H80NO10P/c1-8-10-21-27-42-38(5)39(6)44(57-42)29-22-17-13-11-12-14-20-25-31-46(49)55-40(35-54-58(50,51)53-33-32-47-7)34-52-45(48)30-24-19-16-15-18-23-28-43-37(4)36(3)41(56-43)26-9-2/h40,47H,8-35H2,1-7H3,(H,50,51)/t40-/m1/s1. The second-order valence-corrected chi connectivity index (χ2v) is 17.5. The second kappa shape index (κ2) is 30.6. The highest BCUT2D eigenvalue weighted by molar-refractivity contribution is 7.47. The molecule has 12 heteroatoms. The largest absolute Gasteiger partial charge is 0.472 e. The van der Waals surface area contributed by atoms with Crippen molar-refractivity contribution in [2.75, 3.05) is 33.4 Å². The monoisotopic (exact) mass is 838 g/mol. The first-order valence-electron chi connectivity index (χ1n) is 22.7. The van der Waals surface area contributed by atoms with Gasteiger partial charge in [0, 0.05) is 45.1 Å². The zero-order chi connectivity index (χ0) is 42.6. The maximum Gasteiger partial charge on any atom is 0.472 e. The molecule has 1 unspecified atom stereocenters. The van der Waals surface area contributed by atoms with Crippen molar-refractivity contribution in [3.63, 3.8) is 0 Å². The van der Waals surface area contributed by atoms with Gasteiger partial charge in [-0.25, -0.2) is 4.57 Å². The second-order valence-electron chi connectivity index (χ2n) is 16.0. The molecule has 2 aromatic rings. The first-order chi connectivity index (χ1) is 27.9. The molecule has 0 saturated carbocycles. The number of phosphoric acid groups is 1. The fourth-order valence-corrected chi connectivity index (χ4v) is 7.88. The summed E-state index contributed by atoms with van der Waals surface area (Å²) in [4.78, 5) is 35.3. The quantitative estimate of drug-likeness (QED) is 0.0384. The minimum atomic E-state index is -4.38. The minimum absolute atomic E-state index is 0.0304. The molecule has 334 valence electrons. The van der Waals surface area contributed by atoms with E-state index in [1.54, 1.807) is 7.05 Å². The third-order valence-corrected chi connectivity index (χ3v) is 12.1. The fraction of sp³-hybridized carbons (Fsp3) is 0.783. The number of nitrogens with one attached hydrogen (secondary N) is 1. The van der Waals surface area contributed by atoms with E-state index < -0.39 is 32.5 Å². The van der Waals surface area contributed by atoms with Crippen molar-refractivity contribution in [2.45, 2.75) is 202 Å². The summed E-state index contributed by atoms with van der Waals surface area (Å²) < 4.78 is 45.7. The molecule has 0 fully saturated rings. The summed E-state index contributed by atoms with van der Waals surface area (Å²) in [7, 11) is -2.68. The topological polar surface area (TPSA) is 147 Å². The van der Waals surface area contributed by atoms with Crippen molar-refractivity contribution in [3.05, 3.63) is 45.3 Å². The Bertz CT molecular complexity index is 1470. The summed E-state index contributed by atoms with van der Waals surface area (Å²) >= 11 is 0. The Hall–Kier alpha value is -2.43. The van der Waals surface area contributed by atoms with Gasteiger partial charge in [-0.3, -0.25) is 18.6 Å². The highest BCUT2D eigenvalue weighted by Crippen LogP contribution is 2.43. The zero-order valence-electron chi connectivity index (χ0n) is 37.4. The van der Waals surface area contributed by atoms with E-state index in [0.29, 0.717) is 19.4 Å². The Morgan fingerprint density at radius 1 is 0.586 bits per heavy atom. The summed E-state index contributed by atoms with van der Waals surface area (Å²) in [5.41, 5.74) is 5.23. The van der Waals surface area contributed by atoms with Gasteiger partial charge in [0.2, 0.25) is 0 Å². The average molecular weight is 838 g/mol. The molecule has 11 nitrogen and oxygen atoms in total. The van der Waals surface area contributed by atoms with Gasteiger partial charge in [-0.05, 0) is 95.5 Å². The lowest BCUT2D eigenvalue weighted by Crippen LogP contribution is -2.29. The van der Waals surface area contributed by atoms with Crippen LogP contribution in [0.1, 0.15) is 188 Å². The first kappa shape index (κ1) is 51.7. The highest BCUT2D eigenvalue weighted by Gasteiger charge is 2.26. The molecule has 0 bridgehead atoms. The van der Waals surface area contributed by atoms with Gasteiger partial charge in [0.05, 0.1) is 13.2 Å². The van der Waals surface area contributed by atoms with Crippen LogP contribution in [0.3, 0.4) is 0 Å². The number of likely N-dealkylation sites (N-methyl/N-ethyl adjacent to an activating group) is 1. The summed E-state index contributed by atoms with van der Waals surface area (Å²) in [6, 6.07) is 0. The Labute approximate surface area is 351 Å². The molecule has 0 spiro atoms. The number of ether oxygens (including phenoxy) is 2. The van der Waals surface area contributed by atoms with Crippen LogP contribution in [0.5, 0.6) is 0 Å². The lowest BCUT2D eigenvalue weighted by atomic mass is 10.0. The molecule has 2 atom stereocenters. The number of phosphoric ester groups is 1. The molecule has 0 aliphatic carbocycles. The molecule has 0 amide bonds. The Morgan fingerprint density at radius 2 is 1.02 bits per heavy atom. The van der Waals surface area contributed by atoms with Crippen LogP contribution in [0.15, 0.2) is 8.83 Å². The molecule has 0 aliphatic rings. The summed E-state index contributed by atoms with van der Waals surface area (Å²) in [5, 5.41) is 2.82. The molecular formula is C46H80NO10P. The van der Waals surface area contributed by atoms with Crippen LogP contribution in [0.2, 0.25) is 0 Å². The van der Waals surface area contributed by atoms with Gasteiger partial charge in [-0.2, -0.15) is 0 Å². The van der Waals surface area contributed by atoms with Crippen molar-refractivity contribution < 1.29 is 46.4 Å². The Kier molecular flexibility index (Phi) is 27.3. The molecule has 2 heterocycles. The van der Waals surface area contributed by atoms with E-state index in [1.165, 1.54) is 60.1 Å². The number of esters is 2. The molecule has 58 heavy (non-hydrogen) atoms. The third kappa shape index (κ3) is 21.7. The van der Waals surface area contributed by atoms with E-state index in [4.69, 9.17) is 27.4 Å². The van der Waals surface area contributed by atoms with Crippen LogP contribution in [-0.4, -0.2) is 56.3 Å². The number of hydrogen-bond acceptors (Lipinski definition) is 10. The highest BCUT2D eigenvalue weighted by atomic mass is 31.2. The number of carbonyl (C=O) groups is 2. The maximum absolute atomic E-state index is 12.7. The van der Waals surface area contributed by atoms with Crippen LogP contribution < -0.4 is 5.32 Å². The minimum Gasteiger partial charge on any atom is -0.466 e. The van der Waals surface area contributed by atoms with Crippen LogP contribution in [0.25, 0.3) is 0 Å². The molecule has 2 rings (SSSR count). The van der Waals surface area contributed by atoms with Gasteiger partial charge in [0.1, 0.15) is 29.6 Å². The van der Waals surface area contributed by atoms with Crippen LogP contribution in [0.4, 0.5) is 0 Å². The molecule has 2 N–H and O–H groups in total. The third-order valence-electron chi connectivity index (χ3n) is 11.1. The smallest absolute Gasteiger partial charge is 0.466 e. The molecule has 0 radical (unpaired) electrons. The van der Waals surface area contributed by atoms with Gasteiger partial charge in [-0.15, -0.1) is 0 Å². The predicted molar refractivity (Wildman–Crippen MR) is 231 cm³/mol. The van der Waals surface area contributed by atoms with E-state index in [1.807, 2.05) is 0 Å². The molecule has 0 saturated heterocycles. The van der Waals surface area contributed by atoms with Gasteiger partial charge >= 0.3 is 19.8 Å². The molecule has 2 aromatic heterocycles. The maximum atomic E-state index is 12.7. The normalized spacial score (nSPS) is 13.2. The lowest BCUT2D eigenvalue weighted by molar-refractivity contribution is -0.161. The number of hydrogen-bond donors (Lipinski definition) is 2. The van der Waals surface area contributed by atoms with Gasteiger partial charge in [-0.1, -0.05) is 90.9 Å². The average Bonchev–Trinajstić information content (AvgIpc) is 3.62. The zero-order valence-corrected chi connectivity index (χ0v) is 38.3. The number of carbonyl (C=O) groups excluding carboxylic acids is 2. The van der Waals surface area contributed by atoms with Crippen LogP contribution >= 0.6 is 7.82 Å². The van der Waals surface area contributed by atoms with E-state index in [2.05, 4.69) is 46.9 Å². The van der Waals surface area contributed by atoms with Gasteiger partial charge in [0.25, 0.3) is 0 Å². The summed E-state index contributed by atoms with van der Waals surface area (Å²) in [6.45, 7) is 12.7. The number of unbranched alkanes of at least 4 members (excludes halogenated alkanes) is 14. The van der Waals surface area contributed by atoms with Gasteiger partial charge < -0.3 is 28.5 Å². The van der Waals surface area contributed by atoms with Crippen molar-refractivity contribution in [3.8, 4) is 0 Å². The molecule has 0 aliphatic heterocycles. The van der Waals surface area contributed by atoms with Crippen LogP contribution in [0, 0.1) is 27.7 Å². The van der Waals surface area contributed by atoms with Crippen molar-refractivity contribution in [1.82, 2.24) is 5.32 Å². The fourth-order valence-electron chi connectivity index (χ4n) is 7.13. The SMILES string of the molecule is CCCCCc1oc(CCCCCCCCCCC(=O)O[C@H](COC(=O)CCCCCCCCc2oc(CCC)c(C)c2C)COP(=O)(O)OCCNC)c(C)c1C. The van der Waals surface area contributed by atoms with E-state index in [9.17, 15) is 19.0 Å². The Morgan fingerprint density at radius 3 is 1.48 bits per heavy atom. The van der Waals surface area contributed by atoms with Crippen LogP contribution in [-0.2, 0) is 58.4 Å². The molecule has 0 aromatic carbocycles. The van der Waals surface area contributed by atoms with Gasteiger partial charge in [0.15, 0.2) is 6.10 Å². The number of aryl methyl sites for hydroxylation is 4. The van der Waals surface area contributed by atoms with E-state index >= 15 is 0 Å². The van der Waals surface area contributed by atoms with Crippen molar-refractivity contribution >= 4 is 19.8 Å². The first-order valence-corrected chi connectivity index (χ1v) is 24.2. The number of furan rings is 2. The van der Waals surface area contributed by atoms with Crippen molar-refractivity contribution in [1.29, 1.82) is 0 Å². The summed E-state index contributed by atoms with van der Waals surface area (Å²) in [5.74, 6) is 3.72. The predicted octanol–water partition coefficient (Wildman–Crippen LogP) is 11.6. The lowest BCUT2D eigenvalue weighted by Gasteiger charge is -2.20. The van der Waals surface area contributed by atoms with E-state index in [-0.39, 0.29) is 26.1 Å². The number of rotatable bonds is 36. The molecular weight excluding hydrogens is 757 g/mol. The summed E-state index contributed by atoms with van der Waals surface area (Å²) in [6.07, 6.45) is 22.5.